The lowest BCUT2D eigenvalue weighted by molar-refractivity contribution is -0.135. The van der Waals surface area contributed by atoms with E-state index in [0.29, 0.717) is 24.6 Å². The molecule has 1 aromatic carbocycles. The van der Waals surface area contributed by atoms with Crippen LogP contribution in [-0.2, 0) is 27.3 Å². The summed E-state index contributed by atoms with van der Waals surface area (Å²) in [7, 11) is 2.95. The molecule has 0 bridgehead atoms. The van der Waals surface area contributed by atoms with E-state index < -0.39 is 5.97 Å². The Bertz CT molecular complexity index is 1060. The number of nitrogens with one attached hydrogen (secondary N) is 1. The Hall–Kier alpha value is -3.07. The zero-order valence-electron chi connectivity index (χ0n) is 19.6. The lowest BCUT2D eigenvalue weighted by Gasteiger charge is -2.27. The van der Waals surface area contributed by atoms with Gasteiger partial charge in [-0.3, -0.25) is 9.59 Å². The Kier molecular flexibility index (Phi) is 7.72. The predicted octanol–water partition coefficient (Wildman–Crippen LogP) is 4.03. The second kappa shape index (κ2) is 10.9. The van der Waals surface area contributed by atoms with Crippen molar-refractivity contribution < 1.29 is 28.6 Å². The van der Waals surface area contributed by atoms with Gasteiger partial charge < -0.3 is 24.4 Å². The number of hydrogen-bond donors (Lipinski definition) is 1. The van der Waals surface area contributed by atoms with Crippen LogP contribution in [0.3, 0.4) is 0 Å². The van der Waals surface area contributed by atoms with Crippen LogP contribution in [0.25, 0.3) is 0 Å². The Morgan fingerprint density at radius 1 is 1.09 bits per heavy atom. The number of nitrogens with zero attached hydrogens (tertiary/aromatic N) is 1. The fourth-order valence-corrected chi connectivity index (χ4v) is 5.40. The largest absolute Gasteiger partial charge is 0.493 e. The summed E-state index contributed by atoms with van der Waals surface area (Å²) in [5, 5.41) is 4.90. The van der Waals surface area contributed by atoms with Crippen LogP contribution in [0.2, 0.25) is 0 Å². The van der Waals surface area contributed by atoms with Crippen molar-refractivity contribution in [3.05, 3.63) is 39.6 Å². The molecule has 1 saturated carbocycles. The molecule has 0 atom stereocenters. The van der Waals surface area contributed by atoms with E-state index in [4.69, 9.17) is 14.2 Å². The molecule has 0 spiro atoms. The molecule has 9 heteroatoms. The molecule has 1 N–H and O–H groups in total. The van der Waals surface area contributed by atoms with E-state index in [9.17, 15) is 14.4 Å². The number of anilines is 1. The van der Waals surface area contributed by atoms with E-state index in [1.807, 2.05) is 11.4 Å². The summed E-state index contributed by atoms with van der Waals surface area (Å²) < 4.78 is 16.1. The van der Waals surface area contributed by atoms with Crippen LogP contribution in [0, 0.1) is 5.92 Å². The maximum absolute atomic E-state index is 13.0. The van der Waals surface area contributed by atoms with Gasteiger partial charge in [-0.05, 0) is 36.3 Å². The first-order valence-corrected chi connectivity index (χ1v) is 12.4. The van der Waals surface area contributed by atoms with E-state index in [0.717, 1.165) is 44.1 Å². The van der Waals surface area contributed by atoms with Crippen LogP contribution < -0.4 is 14.8 Å². The molecule has 1 aliphatic carbocycles. The molecular weight excluding hydrogens is 456 g/mol. The summed E-state index contributed by atoms with van der Waals surface area (Å²) in [5.74, 6) is -0.461. The Labute approximate surface area is 203 Å². The van der Waals surface area contributed by atoms with Crippen LogP contribution in [0.5, 0.6) is 11.5 Å². The van der Waals surface area contributed by atoms with Gasteiger partial charge in [0.25, 0.3) is 5.91 Å². The van der Waals surface area contributed by atoms with Gasteiger partial charge in [0.05, 0.1) is 25.5 Å². The van der Waals surface area contributed by atoms with Crippen molar-refractivity contribution in [1.82, 2.24) is 4.90 Å². The normalized spacial score (nSPS) is 15.9. The van der Waals surface area contributed by atoms with Gasteiger partial charge in [0.1, 0.15) is 0 Å². The number of carbonyl (C=O) groups excluding carboxylic acids is 3. The first-order chi connectivity index (χ1) is 16.5. The van der Waals surface area contributed by atoms with E-state index in [1.54, 1.807) is 22.3 Å². The third-order valence-electron chi connectivity index (χ3n) is 6.46. The maximum atomic E-state index is 13.0. The highest BCUT2D eigenvalue weighted by Gasteiger charge is 2.26. The third-order valence-corrected chi connectivity index (χ3v) is 7.49. The second-order valence-corrected chi connectivity index (χ2v) is 9.59. The Morgan fingerprint density at radius 3 is 2.56 bits per heavy atom. The van der Waals surface area contributed by atoms with Gasteiger partial charge >= 0.3 is 5.97 Å². The standard InChI is InChI=1S/C25H30N2O6S/c1-31-20-12-18(19(13-21(20)32-2)26-24(29)16-6-4-3-5-7-16)25(30)33-15-23(28)27-10-8-22-17(14-27)9-11-34-22/h9,11-13,16H,3-8,10,14-15H2,1-2H3,(H,26,29). The van der Waals surface area contributed by atoms with Crippen molar-refractivity contribution in [2.24, 2.45) is 5.92 Å². The first-order valence-electron chi connectivity index (χ1n) is 11.6. The van der Waals surface area contributed by atoms with E-state index >= 15 is 0 Å². The number of fused-ring (bicyclic) bond motifs is 1. The molecule has 1 fully saturated rings. The van der Waals surface area contributed by atoms with Crippen molar-refractivity contribution in [2.75, 3.05) is 32.7 Å². The molecule has 0 saturated heterocycles. The molecule has 2 aliphatic rings. The molecule has 34 heavy (non-hydrogen) atoms. The number of thiophene rings is 1. The number of rotatable bonds is 7. The molecule has 0 radical (unpaired) electrons. The number of benzene rings is 1. The fraction of sp³-hybridized carbons (Fsp3) is 0.480. The summed E-state index contributed by atoms with van der Waals surface area (Å²) in [6.07, 6.45) is 5.63. The number of hydrogen-bond acceptors (Lipinski definition) is 7. The first kappa shape index (κ1) is 24.1. The predicted molar refractivity (Wildman–Crippen MR) is 128 cm³/mol. The fourth-order valence-electron chi connectivity index (χ4n) is 4.51. The molecule has 0 unspecified atom stereocenters. The van der Waals surface area contributed by atoms with Crippen LogP contribution in [0.4, 0.5) is 5.69 Å². The van der Waals surface area contributed by atoms with Gasteiger partial charge in [-0.2, -0.15) is 0 Å². The molecular formula is C25H30N2O6S. The quantitative estimate of drug-likeness (QED) is 0.594. The average Bonchev–Trinajstić information content (AvgIpc) is 3.35. The molecule has 1 aromatic heterocycles. The molecule has 2 heterocycles. The van der Waals surface area contributed by atoms with Crippen LogP contribution >= 0.6 is 11.3 Å². The van der Waals surface area contributed by atoms with E-state index in [2.05, 4.69) is 5.32 Å². The monoisotopic (exact) mass is 486 g/mol. The summed E-state index contributed by atoms with van der Waals surface area (Å²) in [5.41, 5.74) is 1.54. The van der Waals surface area contributed by atoms with Gasteiger partial charge in [0, 0.05) is 36.0 Å². The van der Waals surface area contributed by atoms with Gasteiger partial charge in [0.15, 0.2) is 18.1 Å². The zero-order valence-corrected chi connectivity index (χ0v) is 20.4. The van der Waals surface area contributed by atoms with Crippen molar-refractivity contribution in [2.45, 2.75) is 45.1 Å². The van der Waals surface area contributed by atoms with Crippen LogP contribution in [0.1, 0.15) is 52.9 Å². The SMILES string of the molecule is COc1cc(NC(=O)C2CCCCC2)c(C(=O)OCC(=O)N2CCc3sccc3C2)cc1OC. The highest BCUT2D eigenvalue weighted by atomic mass is 32.1. The lowest BCUT2D eigenvalue weighted by Crippen LogP contribution is -2.38. The molecule has 8 nitrogen and oxygen atoms in total. The van der Waals surface area contributed by atoms with E-state index in [-0.39, 0.29) is 35.6 Å². The third kappa shape index (κ3) is 5.35. The summed E-state index contributed by atoms with van der Waals surface area (Å²) in [6, 6.07) is 5.05. The zero-order chi connectivity index (χ0) is 24.1. The number of carbonyl (C=O) groups is 3. The molecule has 2 amide bonds. The van der Waals surface area contributed by atoms with Crippen molar-refractivity contribution >= 4 is 34.8 Å². The van der Waals surface area contributed by atoms with Crippen LogP contribution in [0.15, 0.2) is 23.6 Å². The minimum Gasteiger partial charge on any atom is -0.493 e. The van der Waals surface area contributed by atoms with E-state index in [1.165, 1.54) is 25.2 Å². The molecule has 2 aromatic rings. The molecule has 182 valence electrons. The second-order valence-electron chi connectivity index (χ2n) is 8.59. The van der Waals surface area contributed by atoms with Gasteiger partial charge in [-0.1, -0.05) is 19.3 Å². The van der Waals surface area contributed by atoms with Gasteiger partial charge in [0.2, 0.25) is 5.91 Å². The van der Waals surface area contributed by atoms with Crippen LogP contribution in [-0.4, -0.2) is 50.1 Å². The minimum atomic E-state index is -0.707. The summed E-state index contributed by atoms with van der Waals surface area (Å²) >= 11 is 1.70. The van der Waals surface area contributed by atoms with Crippen molar-refractivity contribution in [3.63, 3.8) is 0 Å². The van der Waals surface area contributed by atoms with Crippen molar-refractivity contribution in [1.29, 1.82) is 0 Å². The average molecular weight is 487 g/mol. The van der Waals surface area contributed by atoms with Crippen molar-refractivity contribution in [3.8, 4) is 11.5 Å². The molecule has 1 aliphatic heterocycles. The summed E-state index contributed by atoms with van der Waals surface area (Å²) in [4.78, 5) is 41.5. The number of ether oxygens (including phenoxy) is 3. The smallest absolute Gasteiger partial charge is 0.340 e. The topological polar surface area (TPSA) is 94.2 Å². The summed E-state index contributed by atoms with van der Waals surface area (Å²) in [6.45, 7) is 0.750. The maximum Gasteiger partial charge on any atom is 0.340 e. The molecule has 4 rings (SSSR count). The number of esters is 1. The van der Waals surface area contributed by atoms with Gasteiger partial charge in [-0.15, -0.1) is 11.3 Å². The number of amides is 2. The number of methoxy groups -OCH3 is 2. The highest BCUT2D eigenvalue weighted by molar-refractivity contribution is 7.10. The minimum absolute atomic E-state index is 0.0895. The Balaban J connectivity index is 1.46. The highest BCUT2D eigenvalue weighted by Crippen LogP contribution is 2.35. The lowest BCUT2D eigenvalue weighted by atomic mass is 9.88. The van der Waals surface area contributed by atoms with Gasteiger partial charge in [-0.25, -0.2) is 4.79 Å². The Morgan fingerprint density at radius 2 is 1.82 bits per heavy atom.